The predicted octanol–water partition coefficient (Wildman–Crippen LogP) is 6.01. The number of halogens is 4. The van der Waals surface area contributed by atoms with E-state index in [2.05, 4.69) is 20.1 Å². The molecule has 5 aromatic rings. The zero-order chi connectivity index (χ0) is 26.9. The van der Waals surface area contributed by atoms with Gasteiger partial charge in [0.15, 0.2) is 5.65 Å². The van der Waals surface area contributed by atoms with E-state index < -0.39 is 34.7 Å². The van der Waals surface area contributed by atoms with Gasteiger partial charge in [-0.05, 0) is 23.8 Å². The molecule has 2 N–H and O–H groups in total. The van der Waals surface area contributed by atoms with E-state index in [9.17, 15) is 23.4 Å². The molecule has 0 saturated heterocycles. The highest BCUT2D eigenvalue weighted by Crippen LogP contribution is 2.45. The third kappa shape index (κ3) is 5.33. The summed E-state index contributed by atoms with van der Waals surface area (Å²) in [5, 5.41) is 24.3. The monoisotopic (exact) mass is 561 g/mol. The highest BCUT2D eigenvalue weighted by Gasteiger charge is 2.36. The van der Waals surface area contributed by atoms with Crippen LogP contribution in [0, 0.1) is 0 Å². The molecular formula is C25H19ClF3N5O3S. The number of rotatable bonds is 8. The number of benzene rings is 2. The molecule has 0 spiro atoms. The number of pyridine rings is 1. The highest BCUT2D eigenvalue weighted by atomic mass is 35.5. The van der Waals surface area contributed by atoms with Crippen LogP contribution in [0.4, 0.5) is 13.2 Å². The zero-order valence-corrected chi connectivity index (χ0v) is 21.0. The van der Waals surface area contributed by atoms with Gasteiger partial charge in [-0.3, -0.25) is 0 Å². The Labute approximate surface area is 223 Å². The smallest absolute Gasteiger partial charge is 0.417 e. The van der Waals surface area contributed by atoms with Gasteiger partial charge < -0.3 is 14.9 Å². The summed E-state index contributed by atoms with van der Waals surface area (Å²) in [5.74, 6) is -0.634. The van der Waals surface area contributed by atoms with Crippen LogP contribution in [0.3, 0.4) is 0 Å². The van der Waals surface area contributed by atoms with Gasteiger partial charge in [-0.2, -0.15) is 28.2 Å². The van der Waals surface area contributed by atoms with Gasteiger partial charge in [0, 0.05) is 17.3 Å². The van der Waals surface area contributed by atoms with Gasteiger partial charge in [-0.25, -0.2) is 9.67 Å². The fraction of sp³-hybridized carbons (Fsp3) is 0.200. The molecular weight excluding hydrogens is 543 g/mol. The average Bonchev–Trinajstić information content (AvgIpc) is 3.31. The fourth-order valence-electron chi connectivity index (χ4n) is 3.93. The minimum atomic E-state index is -4.80. The van der Waals surface area contributed by atoms with E-state index in [4.69, 9.17) is 16.3 Å². The van der Waals surface area contributed by atoms with Crippen molar-refractivity contribution in [3.8, 4) is 11.9 Å². The molecule has 8 nitrogen and oxygen atoms in total. The topological polar surface area (TPSA) is 106 Å². The van der Waals surface area contributed by atoms with Crippen LogP contribution in [0.25, 0.3) is 21.9 Å². The normalized spacial score (nSPS) is 12.8. The summed E-state index contributed by atoms with van der Waals surface area (Å²) in [4.78, 5) is 11.6. The van der Waals surface area contributed by atoms with Crippen molar-refractivity contribution in [3.05, 3.63) is 77.1 Å². The summed E-state index contributed by atoms with van der Waals surface area (Å²) >= 11 is 7.21. The molecule has 5 rings (SSSR count). The second kappa shape index (κ2) is 10.6. The Kier molecular flexibility index (Phi) is 7.28. The molecule has 2 aromatic carbocycles. The number of nitrogens with zero attached hydrogens (tertiary/aromatic N) is 5. The SMILES string of the molecule is Oc1nc(O)c2cc(C(F)(F)F)c(Cl)c(SC[C@H](COCc3ccccc3)n3ncc4cccnc43)c2n1. The minimum absolute atomic E-state index is 0.0676. The number of alkyl halides is 3. The van der Waals surface area contributed by atoms with Crippen LogP contribution >= 0.6 is 23.4 Å². The summed E-state index contributed by atoms with van der Waals surface area (Å²) in [7, 11) is 0. The van der Waals surface area contributed by atoms with E-state index in [0.29, 0.717) is 18.3 Å². The molecule has 0 aliphatic rings. The van der Waals surface area contributed by atoms with Crippen LogP contribution < -0.4 is 0 Å². The third-order valence-corrected chi connectivity index (χ3v) is 7.44. The first-order valence-electron chi connectivity index (χ1n) is 11.2. The first kappa shape index (κ1) is 26.0. The lowest BCUT2D eigenvalue weighted by atomic mass is 10.1. The lowest BCUT2D eigenvalue weighted by molar-refractivity contribution is -0.137. The largest absolute Gasteiger partial charge is 0.493 e. The number of hydrogen-bond acceptors (Lipinski definition) is 8. The molecule has 13 heteroatoms. The lowest BCUT2D eigenvalue weighted by Gasteiger charge is -2.20. The van der Waals surface area contributed by atoms with Crippen LogP contribution in [0.15, 0.2) is 65.8 Å². The molecule has 0 fully saturated rings. The Bertz CT molecular complexity index is 1600. The van der Waals surface area contributed by atoms with Gasteiger partial charge in [0.1, 0.15) is 0 Å². The van der Waals surface area contributed by atoms with Gasteiger partial charge in [0.05, 0.1) is 51.8 Å². The Balaban J connectivity index is 1.51. The van der Waals surface area contributed by atoms with E-state index in [1.807, 2.05) is 36.4 Å². The van der Waals surface area contributed by atoms with E-state index in [1.165, 1.54) is 0 Å². The summed E-state index contributed by atoms with van der Waals surface area (Å²) in [6, 6.07) is 12.5. The molecule has 38 heavy (non-hydrogen) atoms. The van der Waals surface area contributed by atoms with Gasteiger partial charge in [-0.15, -0.1) is 11.8 Å². The number of fused-ring (bicyclic) bond motifs is 2. The van der Waals surface area contributed by atoms with Crippen molar-refractivity contribution >= 4 is 45.3 Å². The van der Waals surface area contributed by atoms with E-state index in [-0.39, 0.29) is 28.2 Å². The molecule has 196 valence electrons. The van der Waals surface area contributed by atoms with Crippen molar-refractivity contribution in [2.75, 3.05) is 12.4 Å². The van der Waals surface area contributed by atoms with Gasteiger partial charge in [0.25, 0.3) is 0 Å². The summed E-state index contributed by atoms with van der Waals surface area (Å²) in [6.07, 6.45) is -1.53. The lowest BCUT2D eigenvalue weighted by Crippen LogP contribution is -2.20. The fourth-order valence-corrected chi connectivity index (χ4v) is 5.47. The Morgan fingerprint density at radius 2 is 1.87 bits per heavy atom. The van der Waals surface area contributed by atoms with Crippen LogP contribution in [0.1, 0.15) is 17.2 Å². The second-order valence-corrected chi connectivity index (χ2v) is 9.69. The summed E-state index contributed by atoms with van der Waals surface area (Å²) in [5.41, 5.74) is 0.281. The number of aromatic hydroxyl groups is 2. The average molecular weight is 562 g/mol. The Morgan fingerprint density at radius 1 is 1.08 bits per heavy atom. The maximum Gasteiger partial charge on any atom is 0.417 e. The van der Waals surface area contributed by atoms with Crippen molar-refractivity contribution in [2.24, 2.45) is 0 Å². The van der Waals surface area contributed by atoms with Crippen molar-refractivity contribution in [1.82, 2.24) is 24.7 Å². The molecule has 3 heterocycles. The first-order valence-corrected chi connectivity index (χ1v) is 12.6. The first-order chi connectivity index (χ1) is 18.2. The van der Waals surface area contributed by atoms with Crippen molar-refractivity contribution in [1.29, 1.82) is 0 Å². The van der Waals surface area contributed by atoms with Crippen LogP contribution in [0.2, 0.25) is 5.02 Å². The van der Waals surface area contributed by atoms with Crippen LogP contribution in [0.5, 0.6) is 11.9 Å². The van der Waals surface area contributed by atoms with Gasteiger partial charge in [-0.1, -0.05) is 41.9 Å². The number of aromatic nitrogens is 5. The minimum Gasteiger partial charge on any atom is -0.493 e. The van der Waals surface area contributed by atoms with E-state index >= 15 is 0 Å². The number of thioether (sulfide) groups is 1. The summed E-state index contributed by atoms with van der Waals surface area (Å²) in [6.45, 7) is 0.478. The van der Waals surface area contributed by atoms with Gasteiger partial charge >= 0.3 is 12.2 Å². The molecule has 0 aliphatic carbocycles. The molecule has 0 amide bonds. The molecule has 0 unspecified atom stereocenters. The quantitative estimate of drug-likeness (QED) is 0.222. The number of hydrogen-bond donors (Lipinski definition) is 2. The van der Waals surface area contributed by atoms with Crippen LogP contribution in [-0.2, 0) is 17.5 Å². The van der Waals surface area contributed by atoms with E-state index in [0.717, 1.165) is 22.7 Å². The maximum atomic E-state index is 13.8. The second-order valence-electron chi connectivity index (χ2n) is 8.28. The zero-order valence-electron chi connectivity index (χ0n) is 19.4. The third-order valence-electron chi connectivity index (χ3n) is 5.70. The number of ether oxygens (including phenoxy) is 1. The Morgan fingerprint density at radius 3 is 2.63 bits per heavy atom. The molecule has 0 radical (unpaired) electrons. The molecule has 0 saturated carbocycles. The standard InChI is InChI=1S/C25H19ClF3N5O3S/c26-19-18(25(27,28)29)9-17-20(32-24(36)33-23(17)35)21(19)38-13-16(12-37-11-14-5-2-1-3-6-14)34-22-15(10-31-34)7-4-8-30-22/h1-10,16H,11-13H2,(H2,32,33,35,36)/t16-/m0/s1. The molecule has 1 atom stereocenters. The van der Waals surface area contributed by atoms with Crippen molar-refractivity contribution < 1.29 is 28.1 Å². The summed E-state index contributed by atoms with van der Waals surface area (Å²) < 4.78 is 49.0. The molecule has 0 aliphatic heterocycles. The van der Waals surface area contributed by atoms with Gasteiger partial charge in [0.2, 0.25) is 5.88 Å². The van der Waals surface area contributed by atoms with Crippen LogP contribution in [-0.4, -0.2) is 47.3 Å². The molecule has 0 bridgehead atoms. The maximum absolute atomic E-state index is 13.8. The predicted molar refractivity (Wildman–Crippen MR) is 136 cm³/mol. The molecule has 3 aromatic heterocycles. The highest BCUT2D eigenvalue weighted by molar-refractivity contribution is 7.99. The Hall–Kier alpha value is -3.61. The van der Waals surface area contributed by atoms with Crippen molar-refractivity contribution in [3.63, 3.8) is 0 Å². The van der Waals surface area contributed by atoms with E-state index in [1.54, 1.807) is 23.1 Å². The van der Waals surface area contributed by atoms with Crippen molar-refractivity contribution in [2.45, 2.75) is 23.7 Å².